The number of carboxylic acid groups (broad SMARTS) is 1. The molecule has 1 heterocycles. The van der Waals surface area contributed by atoms with Gasteiger partial charge in [-0.3, -0.25) is 14.5 Å². The first-order valence-corrected chi connectivity index (χ1v) is 8.93. The van der Waals surface area contributed by atoms with E-state index in [4.69, 9.17) is 14.6 Å². The fourth-order valence-corrected chi connectivity index (χ4v) is 3.45. The molecule has 1 fully saturated rings. The number of carbonyl (C=O) groups excluding carboxylic acids is 1. The Morgan fingerprint density at radius 2 is 1.92 bits per heavy atom. The van der Waals surface area contributed by atoms with Gasteiger partial charge in [-0.2, -0.15) is 0 Å². The van der Waals surface area contributed by atoms with Crippen LogP contribution in [-0.2, 0) is 16.0 Å². The number of carbonyl (C=O) groups is 2. The molecule has 0 bridgehead atoms. The lowest BCUT2D eigenvalue weighted by molar-refractivity contribution is -0.140. The van der Waals surface area contributed by atoms with Crippen molar-refractivity contribution in [1.82, 2.24) is 9.80 Å². The number of benzene rings is 1. The number of hydrogen-bond acceptors (Lipinski definition) is 5. The van der Waals surface area contributed by atoms with E-state index in [-0.39, 0.29) is 24.9 Å². The molecule has 0 unspecified atom stereocenters. The number of rotatable bonds is 8. The normalized spacial score (nSPS) is 15.2. The minimum absolute atomic E-state index is 0.0517. The third-order valence-electron chi connectivity index (χ3n) is 4.91. The van der Waals surface area contributed by atoms with E-state index in [1.54, 1.807) is 26.4 Å². The number of carboxylic acids is 1. The lowest BCUT2D eigenvalue weighted by atomic mass is 10.0. The SMILES string of the molecule is CCN(CC(=O)O)C1CCN(C(=O)Cc2cc(OC)ccc2OC)CC1. The number of nitrogens with zero attached hydrogens (tertiary/aromatic N) is 2. The Kier molecular flexibility index (Phi) is 7.26. The van der Waals surface area contributed by atoms with Gasteiger partial charge in [0.25, 0.3) is 0 Å². The van der Waals surface area contributed by atoms with Crippen molar-refractivity contribution >= 4 is 11.9 Å². The second-order valence-corrected chi connectivity index (χ2v) is 6.42. The summed E-state index contributed by atoms with van der Waals surface area (Å²) >= 11 is 0. The van der Waals surface area contributed by atoms with E-state index < -0.39 is 5.97 Å². The van der Waals surface area contributed by atoms with Crippen molar-refractivity contribution in [3.8, 4) is 11.5 Å². The van der Waals surface area contributed by atoms with Crippen molar-refractivity contribution in [3.05, 3.63) is 23.8 Å². The molecule has 144 valence electrons. The number of likely N-dealkylation sites (tertiary alicyclic amines) is 1. The maximum absolute atomic E-state index is 12.7. The van der Waals surface area contributed by atoms with E-state index >= 15 is 0 Å². The highest BCUT2D eigenvalue weighted by Crippen LogP contribution is 2.25. The molecule has 0 aromatic heterocycles. The van der Waals surface area contributed by atoms with E-state index in [2.05, 4.69) is 0 Å². The van der Waals surface area contributed by atoms with Gasteiger partial charge in [-0.15, -0.1) is 0 Å². The summed E-state index contributed by atoms with van der Waals surface area (Å²) in [6, 6.07) is 5.65. The third-order valence-corrected chi connectivity index (χ3v) is 4.91. The van der Waals surface area contributed by atoms with Gasteiger partial charge in [0.2, 0.25) is 5.91 Å². The average molecular weight is 364 g/mol. The molecule has 1 aromatic rings. The van der Waals surface area contributed by atoms with Gasteiger partial charge >= 0.3 is 5.97 Å². The number of ether oxygens (including phenoxy) is 2. The van der Waals surface area contributed by atoms with Gasteiger partial charge in [-0.25, -0.2) is 0 Å². The van der Waals surface area contributed by atoms with Crippen LogP contribution in [0.2, 0.25) is 0 Å². The van der Waals surface area contributed by atoms with Gasteiger partial charge in [0, 0.05) is 24.7 Å². The van der Waals surface area contributed by atoms with E-state index in [0.29, 0.717) is 31.1 Å². The fourth-order valence-electron chi connectivity index (χ4n) is 3.45. The molecule has 0 aliphatic carbocycles. The summed E-state index contributed by atoms with van der Waals surface area (Å²) < 4.78 is 10.6. The highest BCUT2D eigenvalue weighted by atomic mass is 16.5. The second-order valence-electron chi connectivity index (χ2n) is 6.42. The number of methoxy groups -OCH3 is 2. The molecule has 0 radical (unpaired) electrons. The van der Waals surface area contributed by atoms with E-state index in [1.807, 2.05) is 22.8 Å². The van der Waals surface area contributed by atoms with Gasteiger partial charge in [0.15, 0.2) is 0 Å². The Morgan fingerprint density at radius 3 is 2.46 bits per heavy atom. The molecule has 1 saturated heterocycles. The Balaban J connectivity index is 1.95. The van der Waals surface area contributed by atoms with Crippen LogP contribution in [0.1, 0.15) is 25.3 Å². The molecule has 1 aromatic carbocycles. The zero-order chi connectivity index (χ0) is 19.1. The van der Waals surface area contributed by atoms with Crippen LogP contribution >= 0.6 is 0 Å². The van der Waals surface area contributed by atoms with E-state index in [1.165, 1.54) is 0 Å². The molecule has 7 nitrogen and oxygen atoms in total. The molecular formula is C19H28N2O5. The standard InChI is InChI=1S/C19H28N2O5/c1-4-20(13-19(23)24)15-7-9-21(10-8-15)18(22)12-14-11-16(25-2)5-6-17(14)26-3/h5-6,11,15H,4,7-10,12-13H2,1-3H3,(H,23,24). The lowest BCUT2D eigenvalue weighted by Crippen LogP contribution is -2.48. The molecule has 0 spiro atoms. The van der Waals surface area contributed by atoms with E-state index in [9.17, 15) is 9.59 Å². The van der Waals surface area contributed by atoms with Crippen molar-refractivity contribution in [2.75, 3.05) is 40.4 Å². The van der Waals surface area contributed by atoms with Crippen molar-refractivity contribution in [2.24, 2.45) is 0 Å². The fraction of sp³-hybridized carbons (Fsp3) is 0.579. The van der Waals surface area contributed by atoms with Crippen LogP contribution in [0.25, 0.3) is 0 Å². The van der Waals surface area contributed by atoms with Gasteiger partial charge in [0.1, 0.15) is 11.5 Å². The van der Waals surface area contributed by atoms with Crippen LogP contribution in [0.5, 0.6) is 11.5 Å². The number of aliphatic carboxylic acids is 1. The predicted molar refractivity (Wildman–Crippen MR) is 97.7 cm³/mol. The van der Waals surface area contributed by atoms with Gasteiger partial charge in [-0.05, 0) is 37.6 Å². The Morgan fingerprint density at radius 1 is 1.23 bits per heavy atom. The van der Waals surface area contributed by atoms with Crippen LogP contribution in [0.4, 0.5) is 0 Å². The highest BCUT2D eigenvalue weighted by Gasteiger charge is 2.27. The van der Waals surface area contributed by atoms with Gasteiger partial charge in [0.05, 0.1) is 27.2 Å². The quantitative estimate of drug-likeness (QED) is 0.756. The van der Waals surface area contributed by atoms with Crippen LogP contribution in [0.15, 0.2) is 18.2 Å². The van der Waals surface area contributed by atoms with Crippen LogP contribution in [0, 0.1) is 0 Å². The molecule has 1 N–H and O–H groups in total. The summed E-state index contributed by atoms with van der Waals surface area (Å²) in [7, 11) is 3.18. The zero-order valence-electron chi connectivity index (χ0n) is 15.7. The molecule has 26 heavy (non-hydrogen) atoms. The van der Waals surface area contributed by atoms with Crippen molar-refractivity contribution in [2.45, 2.75) is 32.2 Å². The topological polar surface area (TPSA) is 79.3 Å². The Labute approximate surface area is 154 Å². The molecule has 0 saturated carbocycles. The number of likely N-dealkylation sites (N-methyl/N-ethyl adjacent to an activating group) is 1. The zero-order valence-corrected chi connectivity index (χ0v) is 15.7. The summed E-state index contributed by atoms with van der Waals surface area (Å²) in [5.41, 5.74) is 0.806. The Bertz CT molecular complexity index is 626. The highest BCUT2D eigenvalue weighted by molar-refractivity contribution is 5.79. The van der Waals surface area contributed by atoms with Crippen molar-refractivity contribution in [1.29, 1.82) is 0 Å². The van der Waals surface area contributed by atoms with Gasteiger partial charge < -0.3 is 19.5 Å². The number of piperidine rings is 1. The third kappa shape index (κ3) is 5.11. The van der Waals surface area contributed by atoms with E-state index in [0.717, 1.165) is 18.4 Å². The molecular weight excluding hydrogens is 336 g/mol. The summed E-state index contributed by atoms with van der Waals surface area (Å²) in [6.07, 6.45) is 1.85. The first-order chi connectivity index (χ1) is 12.5. The number of hydrogen-bond donors (Lipinski definition) is 1. The summed E-state index contributed by atoms with van der Waals surface area (Å²) in [5.74, 6) is 0.610. The van der Waals surface area contributed by atoms with Crippen LogP contribution < -0.4 is 9.47 Å². The monoisotopic (exact) mass is 364 g/mol. The lowest BCUT2D eigenvalue weighted by Gasteiger charge is -2.37. The predicted octanol–water partition coefficient (Wildman–Crippen LogP) is 1.64. The molecule has 0 atom stereocenters. The molecule has 2 rings (SSSR count). The number of amides is 1. The first kappa shape index (κ1) is 20.0. The largest absolute Gasteiger partial charge is 0.497 e. The first-order valence-electron chi connectivity index (χ1n) is 8.93. The molecule has 7 heteroatoms. The second kappa shape index (κ2) is 9.43. The summed E-state index contributed by atoms with van der Waals surface area (Å²) in [5, 5.41) is 9.01. The van der Waals surface area contributed by atoms with Crippen molar-refractivity contribution in [3.63, 3.8) is 0 Å². The summed E-state index contributed by atoms with van der Waals surface area (Å²) in [4.78, 5) is 27.5. The molecule has 1 amide bonds. The maximum atomic E-state index is 12.7. The summed E-state index contributed by atoms with van der Waals surface area (Å²) in [6.45, 7) is 4.01. The maximum Gasteiger partial charge on any atom is 0.317 e. The Hall–Kier alpha value is -2.28. The molecule has 1 aliphatic heterocycles. The minimum atomic E-state index is -0.810. The average Bonchev–Trinajstić information content (AvgIpc) is 2.66. The minimum Gasteiger partial charge on any atom is -0.497 e. The van der Waals surface area contributed by atoms with Gasteiger partial charge in [-0.1, -0.05) is 6.92 Å². The smallest absolute Gasteiger partial charge is 0.317 e. The molecule has 1 aliphatic rings. The van der Waals surface area contributed by atoms with Crippen LogP contribution in [-0.4, -0.2) is 73.2 Å². The van der Waals surface area contributed by atoms with Crippen LogP contribution in [0.3, 0.4) is 0 Å². The van der Waals surface area contributed by atoms with Crippen molar-refractivity contribution < 1.29 is 24.2 Å².